The first-order chi connectivity index (χ1) is 5.15. The number of pyridine rings is 1. The average Bonchev–Trinajstić information content (AvgIpc) is 1.96. The van der Waals surface area contributed by atoms with Crippen LogP contribution < -0.4 is 16.2 Å². The van der Waals surface area contributed by atoms with Gasteiger partial charge in [-0.3, -0.25) is 0 Å². The smallest absolute Gasteiger partial charge is 0.150 e. The molecule has 4 N–H and O–H groups in total. The summed E-state index contributed by atoms with van der Waals surface area (Å²) >= 11 is 0. The molecule has 4 heteroatoms. The number of aromatic nitrogens is 1. The molecule has 0 saturated carbocycles. The Morgan fingerprint density at radius 1 is 1.45 bits per heavy atom. The molecule has 0 fully saturated rings. The maximum atomic E-state index is 5.55. The number of methoxy groups -OCH3 is 1. The predicted octanol–water partition coefficient (Wildman–Crippen LogP) is 0.563. The van der Waals surface area contributed by atoms with Gasteiger partial charge >= 0.3 is 0 Å². The molecular formula is C7H11N3O. The minimum Gasteiger partial charge on any atom is -0.494 e. The van der Waals surface area contributed by atoms with Gasteiger partial charge in [-0.2, -0.15) is 0 Å². The Balaban J connectivity index is 3.24. The number of nitrogens with two attached hydrogens (primary N) is 2. The molecule has 0 aromatic carbocycles. The van der Waals surface area contributed by atoms with Gasteiger partial charge in [-0.15, -0.1) is 0 Å². The van der Waals surface area contributed by atoms with Crippen LogP contribution in [-0.4, -0.2) is 12.1 Å². The molecule has 1 aromatic heterocycles. The van der Waals surface area contributed by atoms with Crippen LogP contribution in [0.1, 0.15) is 5.69 Å². The van der Waals surface area contributed by atoms with Crippen LogP contribution in [0.5, 0.6) is 5.75 Å². The highest BCUT2D eigenvalue weighted by Crippen LogP contribution is 2.25. The van der Waals surface area contributed by atoms with Crippen molar-refractivity contribution in [3.8, 4) is 5.75 Å². The van der Waals surface area contributed by atoms with Crippen molar-refractivity contribution >= 4 is 11.5 Å². The number of anilines is 2. The van der Waals surface area contributed by atoms with Crippen molar-refractivity contribution in [3.63, 3.8) is 0 Å². The van der Waals surface area contributed by atoms with Gasteiger partial charge in [-0.25, -0.2) is 4.98 Å². The first-order valence-electron chi connectivity index (χ1n) is 3.21. The van der Waals surface area contributed by atoms with E-state index in [2.05, 4.69) is 4.98 Å². The largest absolute Gasteiger partial charge is 0.494 e. The van der Waals surface area contributed by atoms with Crippen molar-refractivity contribution in [1.29, 1.82) is 0 Å². The van der Waals surface area contributed by atoms with Crippen molar-refractivity contribution in [2.45, 2.75) is 6.92 Å². The molecule has 4 nitrogen and oxygen atoms in total. The molecule has 0 unspecified atom stereocenters. The Morgan fingerprint density at radius 3 is 2.64 bits per heavy atom. The maximum Gasteiger partial charge on any atom is 0.150 e. The van der Waals surface area contributed by atoms with Crippen molar-refractivity contribution in [1.82, 2.24) is 4.98 Å². The van der Waals surface area contributed by atoms with Gasteiger partial charge in [0.1, 0.15) is 11.4 Å². The quantitative estimate of drug-likeness (QED) is 0.618. The van der Waals surface area contributed by atoms with Gasteiger partial charge < -0.3 is 16.2 Å². The van der Waals surface area contributed by atoms with Crippen LogP contribution in [-0.2, 0) is 0 Å². The highest BCUT2D eigenvalue weighted by atomic mass is 16.5. The second-order valence-corrected chi connectivity index (χ2v) is 2.26. The van der Waals surface area contributed by atoms with Crippen LogP contribution in [0.3, 0.4) is 0 Å². The van der Waals surface area contributed by atoms with E-state index in [4.69, 9.17) is 16.2 Å². The molecule has 0 radical (unpaired) electrons. The van der Waals surface area contributed by atoms with Crippen LogP contribution in [0.4, 0.5) is 11.5 Å². The monoisotopic (exact) mass is 153 g/mol. The molecule has 0 aliphatic carbocycles. The molecule has 1 rings (SSSR count). The Kier molecular flexibility index (Phi) is 1.85. The minimum absolute atomic E-state index is 0.321. The Bertz CT molecular complexity index is 273. The Hall–Kier alpha value is -1.45. The van der Waals surface area contributed by atoms with E-state index < -0.39 is 0 Å². The summed E-state index contributed by atoms with van der Waals surface area (Å²) in [7, 11) is 1.55. The highest BCUT2D eigenvalue weighted by Gasteiger charge is 2.04. The fourth-order valence-electron chi connectivity index (χ4n) is 0.845. The summed E-state index contributed by atoms with van der Waals surface area (Å²) in [4.78, 5) is 3.95. The third kappa shape index (κ3) is 1.34. The van der Waals surface area contributed by atoms with Crippen LogP contribution in [0.2, 0.25) is 0 Å². The summed E-state index contributed by atoms with van der Waals surface area (Å²) in [5.41, 5.74) is 12.2. The minimum atomic E-state index is 0.321. The van der Waals surface area contributed by atoms with Gasteiger partial charge in [0.15, 0.2) is 5.82 Å². The normalized spacial score (nSPS) is 9.64. The average molecular weight is 153 g/mol. The zero-order valence-electron chi connectivity index (χ0n) is 6.59. The fraction of sp³-hybridized carbons (Fsp3) is 0.286. The standard InChI is InChI=1S/C7H11N3O/c1-4-3-5(11-2)6(8)7(9)10-4/h3H,8H2,1-2H3,(H2,9,10). The lowest BCUT2D eigenvalue weighted by atomic mass is 10.3. The van der Waals surface area contributed by atoms with Gasteiger partial charge in [0.25, 0.3) is 0 Å². The van der Waals surface area contributed by atoms with E-state index in [-0.39, 0.29) is 0 Å². The van der Waals surface area contributed by atoms with Crippen molar-refractivity contribution in [3.05, 3.63) is 11.8 Å². The number of aryl methyl sites for hydroxylation is 1. The SMILES string of the molecule is COc1cc(C)nc(N)c1N. The molecule has 60 valence electrons. The summed E-state index contributed by atoms with van der Waals surface area (Å²) in [5.74, 6) is 0.900. The van der Waals surface area contributed by atoms with Gasteiger partial charge in [0.2, 0.25) is 0 Å². The number of nitrogens with zero attached hydrogens (tertiary/aromatic N) is 1. The van der Waals surface area contributed by atoms with Crippen LogP contribution in [0, 0.1) is 6.92 Å². The van der Waals surface area contributed by atoms with Crippen molar-refractivity contribution < 1.29 is 4.74 Å². The van der Waals surface area contributed by atoms with E-state index in [1.807, 2.05) is 6.92 Å². The topological polar surface area (TPSA) is 74.2 Å². The van der Waals surface area contributed by atoms with Gasteiger partial charge in [-0.1, -0.05) is 0 Å². The van der Waals surface area contributed by atoms with Gasteiger partial charge in [-0.05, 0) is 6.92 Å². The molecule has 0 atom stereocenters. The van der Waals surface area contributed by atoms with Crippen LogP contribution in [0.15, 0.2) is 6.07 Å². The molecule has 0 spiro atoms. The summed E-state index contributed by atoms with van der Waals surface area (Å²) in [6.07, 6.45) is 0. The zero-order valence-corrected chi connectivity index (χ0v) is 6.59. The summed E-state index contributed by atoms with van der Waals surface area (Å²) < 4.78 is 4.96. The maximum absolute atomic E-state index is 5.55. The number of ether oxygens (including phenoxy) is 1. The molecular weight excluding hydrogens is 142 g/mol. The molecule has 0 amide bonds. The first-order valence-corrected chi connectivity index (χ1v) is 3.21. The predicted molar refractivity (Wildman–Crippen MR) is 44.4 cm³/mol. The van der Waals surface area contributed by atoms with E-state index in [9.17, 15) is 0 Å². The molecule has 1 heterocycles. The third-order valence-electron chi connectivity index (χ3n) is 1.40. The summed E-state index contributed by atoms with van der Waals surface area (Å²) in [6.45, 7) is 1.83. The van der Waals surface area contributed by atoms with Crippen molar-refractivity contribution in [2.24, 2.45) is 0 Å². The lowest BCUT2D eigenvalue weighted by Crippen LogP contribution is -2.01. The Morgan fingerprint density at radius 2 is 2.09 bits per heavy atom. The van der Waals surface area contributed by atoms with Crippen molar-refractivity contribution in [2.75, 3.05) is 18.6 Å². The van der Waals surface area contributed by atoms with E-state index >= 15 is 0 Å². The van der Waals surface area contributed by atoms with Gasteiger partial charge in [0.05, 0.1) is 7.11 Å². The molecule has 1 aromatic rings. The van der Waals surface area contributed by atoms with E-state index in [0.717, 1.165) is 5.69 Å². The number of nitrogen functional groups attached to an aromatic ring is 2. The van der Waals surface area contributed by atoms with Crippen LogP contribution >= 0.6 is 0 Å². The van der Waals surface area contributed by atoms with Crippen LogP contribution in [0.25, 0.3) is 0 Å². The molecule has 0 saturated heterocycles. The van der Waals surface area contributed by atoms with E-state index in [1.54, 1.807) is 13.2 Å². The number of hydrogen-bond acceptors (Lipinski definition) is 4. The zero-order chi connectivity index (χ0) is 8.43. The molecule has 0 aliphatic rings. The second kappa shape index (κ2) is 2.65. The first kappa shape index (κ1) is 7.65. The number of hydrogen-bond donors (Lipinski definition) is 2. The highest BCUT2D eigenvalue weighted by molar-refractivity contribution is 5.67. The molecule has 0 aliphatic heterocycles. The molecule has 11 heavy (non-hydrogen) atoms. The molecule has 0 bridgehead atoms. The number of rotatable bonds is 1. The second-order valence-electron chi connectivity index (χ2n) is 2.26. The van der Waals surface area contributed by atoms with E-state index in [0.29, 0.717) is 17.3 Å². The lowest BCUT2D eigenvalue weighted by molar-refractivity contribution is 0.416. The fourth-order valence-corrected chi connectivity index (χ4v) is 0.845. The summed E-state index contributed by atoms with van der Waals surface area (Å²) in [5, 5.41) is 0. The van der Waals surface area contributed by atoms with Gasteiger partial charge in [0, 0.05) is 11.8 Å². The summed E-state index contributed by atoms with van der Waals surface area (Å²) in [6, 6.07) is 1.74. The van der Waals surface area contributed by atoms with E-state index in [1.165, 1.54) is 0 Å². The lowest BCUT2D eigenvalue weighted by Gasteiger charge is -2.06. The third-order valence-corrected chi connectivity index (χ3v) is 1.40. The Labute approximate surface area is 65.2 Å².